The maximum Gasteiger partial charge on any atom is 0.317 e. The first-order valence-electron chi connectivity index (χ1n) is 5.99. The van der Waals surface area contributed by atoms with Crippen LogP contribution in [0.1, 0.15) is 19.4 Å². The van der Waals surface area contributed by atoms with E-state index in [4.69, 9.17) is 10.3 Å². The second kappa shape index (κ2) is 7.41. The molecule has 0 saturated heterocycles. The zero-order valence-electron chi connectivity index (χ0n) is 10.9. The minimum absolute atomic E-state index is 0.0853. The summed E-state index contributed by atoms with van der Waals surface area (Å²) < 4.78 is 5.05. The summed E-state index contributed by atoms with van der Waals surface area (Å²) in [7, 11) is 0. The number of carbonyl (C=O) groups is 1. The summed E-state index contributed by atoms with van der Waals surface area (Å²) in [5.74, 6) is -0.928. The SMILES string of the molecule is CC(C)[C@H](O)C(N=[N+]=[N-])C(=O)OCc1ccccc1. The molecule has 0 aliphatic heterocycles. The summed E-state index contributed by atoms with van der Waals surface area (Å²) in [6, 6.07) is 7.93. The predicted octanol–water partition coefficient (Wildman–Crippen LogP) is 2.43. The molecule has 1 aromatic carbocycles. The molecule has 0 spiro atoms. The van der Waals surface area contributed by atoms with Crippen molar-refractivity contribution < 1.29 is 14.6 Å². The van der Waals surface area contributed by atoms with Gasteiger partial charge in [0.05, 0.1) is 6.10 Å². The smallest absolute Gasteiger partial charge is 0.317 e. The van der Waals surface area contributed by atoms with Crippen molar-refractivity contribution in [2.45, 2.75) is 32.6 Å². The number of hydrogen-bond acceptors (Lipinski definition) is 4. The van der Waals surface area contributed by atoms with E-state index in [-0.39, 0.29) is 12.5 Å². The number of azide groups is 1. The molecule has 6 heteroatoms. The Morgan fingerprint density at radius 2 is 2.05 bits per heavy atom. The maximum atomic E-state index is 11.8. The topological polar surface area (TPSA) is 95.3 Å². The summed E-state index contributed by atoms with van der Waals surface area (Å²) in [6.07, 6.45) is -1.06. The standard InChI is InChI=1S/C13H17N3O3/c1-9(2)12(17)11(15-16-14)13(18)19-8-10-6-4-3-5-7-10/h3-7,9,11-12,17H,8H2,1-2H3/t11?,12-/m0/s1. The van der Waals surface area contributed by atoms with Crippen molar-refractivity contribution in [2.75, 3.05) is 0 Å². The Hall–Kier alpha value is -2.04. The van der Waals surface area contributed by atoms with Gasteiger partial charge in [0.2, 0.25) is 0 Å². The van der Waals surface area contributed by atoms with Crippen LogP contribution in [0.5, 0.6) is 0 Å². The van der Waals surface area contributed by atoms with Gasteiger partial charge in [0.1, 0.15) is 6.61 Å². The molecule has 6 nitrogen and oxygen atoms in total. The van der Waals surface area contributed by atoms with Gasteiger partial charge in [-0.25, -0.2) is 0 Å². The van der Waals surface area contributed by atoms with Crippen molar-refractivity contribution in [3.05, 3.63) is 46.3 Å². The van der Waals surface area contributed by atoms with Crippen LogP contribution in [-0.2, 0) is 16.1 Å². The molecule has 1 N–H and O–H groups in total. The van der Waals surface area contributed by atoms with Crippen LogP contribution in [0.3, 0.4) is 0 Å². The molecule has 0 fully saturated rings. The van der Waals surface area contributed by atoms with Crippen molar-refractivity contribution in [1.82, 2.24) is 0 Å². The van der Waals surface area contributed by atoms with E-state index in [0.717, 1.165) is 5.56 Å². The van der Waals surface area contributed by atoms with Crippen LogP contribution in [0, 0.1) is 5.92 Å². The van der Waals surface area contributed by atoms with Crippen LogP contribution in [0.2, 0.25) is 0 Å². The van der Waals surface area contributed by atoms with Crippen molar-refractivity contribution in [3.63, 3.8) is 0 Å². The van der Waals surface area contributed by atoms with Gasteiger partial charge in [-0.1, -0.05) is 49.3 Å². The molecule has 0 bridgehead atoms. The number of rotatable bonds is 6. The van der Waals surface area contributed by atoms with Gasteiger partial charge in [-0.3, -0.25) is 4.79 Å². The molecule has 0 aliphatic rings. The average Bonchev–Trinajstić information content (AvgIpc) is 2.42. The Morgan fingerprint density at radius 3 is 2.58 bits per heavy atom. The Bertz CT molecular complexity index is 455. The van der Waals surface area contributed by atoms with Crippen molar-refractivity contribution in [2.24, 2.45) is 11.0 Å². The summed E-state index contributed by atoms with van der Waals surface area (Å²) in [5.41, 5.74) is 9.27. The third kappa shape index (κ3) is 4.62. The first-order valence-corrected chi connectivity index (χ1v) is 5.99. The molecule has 2 atom stereocenters. The maximum absolute atomic E-state index is 11.8. The van der Waals surface area contributed by atoms with Crippen LogP contribution in [-0.4, -0.2) is 23.2 Å². The highest BCUT2D eigenvalue weighted by molar-refractivity contribution is 5.76. The number of benzene rings is 1. The molecule has 0 saturated carbocycles. The first-order chi connectivity index (χ1) is 9.06. The largest absolute Gasteiger partial charge is 0.460 e. The highest BCUT2D eigenvalue weighted by Gasteiger charge is 2.29. The second-order valence-corrected chi connectivity index (χ2v) is 4.48. The van der Waals surface area contributed by atoms with Crippen LogP contribution in [0.25, 0.3) is 10.4 Å². The number of ether oxygens (including phenoxy) is 1. The fourth-order valence-corrected chi connectivity index (χ4v) is 1.49. The van der Waals surface area contributed by atoms with E-state index in [1.807, 2.05) is 30.3 Å². The van der Waals surface area contributed by atoms with Crippen LogP contribution in [0.4, 0.5) is 0 Å². The van der Waals surface area contributed by atoms with E-state index in [1.165, 1.54) is 0 Å². The molecular formula is C13H17N3O3. The highest BCUT2D eigenvalue weighted by atomic mass is 16.5. The zero-order chi connectivity index (χ0) is 14.3. The molecule has 0 radical (unpaired) electrons. The number of aliphatic hydroxyl groups is 1. The fourth-order valence-electron chi connectivity index (χ4n) is 1.49. The summed E-state index contributed by atoms with van der Waals surface area (Å²) in [4.78, 5) is 14.4. The van der Waals surface area contributed by atoms with Gasteiger partial charge in [0.15, 0.2) is 6.04 Å². The lowest BCUT2D eigenvalue weighted by molar-refractivity contribution is -0.150. The minimum atomic E-state index is -1.21. The zero-order valence-corrected chi connectivity index (χ0v) is 10.9. The van der Waals surface area contributed by atoms with Crippen LogP contribution < -0.4 is 0 Å². The van der Waals surface area contributed by atoms with Gasteiger partial charge in [-0.2, -0.15) is 0 Å². The van der Waals surface area contributed by atoms with E-state index < -0.39 is 18.1 Å². The van der Waals surface area contributed by atoms with Crippen molar-refractivity contribution in [1.29, 1.82) is 0 Å². The lowest BCUT2D eigenvalue weighted by Crippen LogP contribution is -2.37. The third-order valence-corrected chi connectivity index (χ3v) is 2.65. The van der Waals surface area contributed by atoms with Gasteiger partial charge in [0, 0.05) is 4.91 Å². The van der Waals surface area contributed by atoms with E-state index >= 15 is 0 Å². The quantitative estimate of drug-likeness (QED) is 0.369. The third-order valence-electron chi connectivity index (χ3n) is 2.65. The van der Waals surface area contributed by atoms with Gasteiger partial charge < -0.3 is 9.84 Å². The average molecular weight is 263 g/mol. The Balaban J connectivity index is 2.65. The molecule has 0 aromatic heterocycles. The van der Waals surface area contributed by atoms with Crippen molar-refractivity contribution >= 4 is 5.97 Å². The van der Waals surface area contributed by atoms with E-state index in [1.54, 1.807) is 13.8 Å². The molecule has 0 heterocycles. The van der Waals surface area contributed by atoms with E-state index in [2.05, 4.69) is 10.0 Å². The molecule has 0 amide bonds. The number of carbonyl (C=O) groups excluding carboxylic acids is 1. The Morgan fingerprint density at radius 1 is 1.42 bits per heavy atom. The van der Waals surface area contributed by atoms with Gasteiger partial charge >= 0.3 is 5.97 Å². The van der Waals surface area contributed by atoms with E-state index in [9.17, 15) is 9.90 Å². The number of esters is 1. The monoisotopic (exact) mass is 263 g/mol. The summed E-state index contributed by atoms with van der Waals surface area (Å²) in [6.45, 7) is 3.55. The number of aliphatic hydroxyl groups excluding tert-OH is 1. The first kappa shape index (κ1) is 15.0. The lowest BCUT2D eigenvalue weighted by Gasteiger charge is -2.20. The molecule has 102 valence electrons. The molecule has 1 aromatic rings. The normalized spacial score (nSPS) is 13.5. The van der Waals surface area contributed by atoms with Crippen LogP contribution >= 0.6 is 0 Å². The molecule has 1 unspecified atom stereocenters. The fraction of sp³-hybridized carbons (Fsp3) is 0.462. The second-order valence-electron chi connectivity index (χ2n) is 4.48. The summed E-state index contributed by atoms with van der Waals surface area (Å²) in [5, 5.41) is 13.1. The van der Waals surface area contributed by atoms with Gasteiger partial charge in [0.25, 0.3) is 0 Å². The summed E-state index contributed by atoms with van der Waals surface area (Å²) >= 11 is 0. The van der Waals surface area contributed by atoms with Crippen LogP contribution in [0.15, 0.2) is 35.4 Å². The molecular weight excluding hydrogens is 246 g/mol. The minimum Gasteiger partial charge on any atom is -0.460 e. The number of hydrogen-bond donors (Lipinski definition) is 1. The Labute approximate surface area is 111 Å². The Kier molecular flexibility index (Phi) is 5.85. The predicted molar refractivity (Wildman–Crippen MR) is 70.0 cm³/mol. The molecule has 1 rings (SSSR count). The van der Waals surface area contributed by atoms with Gasteiger partial charge in [-0.05, 0) is 17.0 Å². The molecule has 19 heavy (non-hydrogen) atoms. The lowest BCUT2D eigenvalue weighted by atomic mass is 10.0. The highest BCUT2D eigenvalue weighted by Crippen LogP contribution is 2.13. The number of nitrogens with zero attached hydrogens (tertiary/aromatic N) is 3. The van der Waals surface area contributed by atoms with E-state index in [0.29, 0.717) is 0 Å². The molecule has 0 aliphatic carbocycles. The van der Waals surface area contributed by atoms with Gasteiger partial charge in [-0.15, -0.1) is 0 Å². The van der Waals surface area contributed by atoms with Crippen molar-refractivity contribution in [3.8, 4) is 0 Å².